The average Bonchev–Trinajstić information content (AvgIpc) is 2.31. The van der Waals surface area contributed by atoms with E-state index in [4.69, 9.17) is 10.5 Å². The largest absolute Gasteiger partial charge is 0.398 e. The molecule has 0 saturated carbocycles. The van der Waals surface area contributed by atoms with E-state index in [2.05, 4.69) is 15.9 Å². The zero-order chi connectivity index (χ0) is 14.2. The van der Waals surface area contributed by atoms with Crippen LogP contribution in [0.25, 0.3) is 0 Å². The highest BCUT2D eigenvalue weighted by atomic mass is 79.9. The van der Waals surface area contributed by atoms with Gasteiger partial charge in [-0.3, -0.25) is 0 Å². The molecule has 0 radical (unpaired) electrons. The lowest BCUT2D eigenvalue weighted by atomic mass is 10.3. The fourth-order valence-electron chi connectivity index (χ4n) is 2.16. The molecule has 0 unspecified atom stereocenters. The van der Waals surface area contributed by atoms with Gasteiger partial charge in [0.1, 0.15) is 0 Å². The summed E-state index contributed by atoms with van der Waals surface area (Å²) in [6.45, 7) is 4.47. The molecule has 0 amide bonds. The molecule has 1 aromatic rings. The van der Waals surface area contributed by atoms with Gasteiger partial charge in [-0.2, -0.15) is 4.31 Å². The summed E-state index contributed by atoms with van der Waals surface area (Å²) in [6, 6.07) is 4.68. The van der Waals surface area contributed by atoms with Crippen LogP contribution in [0, 0.1) is 0 Å². The summed E-state index contributed by atoms with van der Waals surface area (Å²) in [5.74, 6) is 0. The van der Waals surface area contributed by atoms with Gasteiger partial charge < -0.3 is 10.5 Å². The van der Waals surface area contributed by atoms with Crippen LogP contribution < -0.4 is 5.73 Å². The summed E-state index contributed by atoms with van der Waals surface area (Å²) in [5.41, 5.74) is 6.16. The first-order valence-corrected chi connectivity index (χ1v) is 8.24. The number of halogens is 1. The second-order valence-corrected chi connectivity index (χ2v) is 7.55. The molecule has 0 aliphatic carbocycles. The van der Waals surface area contributed by atoms with Crippen molar-refractivity contribution in [2.45, 2.75) is 31.0 Å². The number of benzene rings is 1. The zero-order valence-electron chi connectivity index (χ0n) is 10.8. The van der Waals surface area contributed by atoms with Gasteiger partial charge >= 0.3 is 0 Å². The van der Waals surface area contributed by atoms with Gasteiger partial charge in [-0.05, 0) is 48.0 Å². The minimum Gasteiger partial charge on any atom is -0.398 e. The molecule has 1 aliphatic rings. The summed E-state index contributed by atoms with van der Waals surface area (Å²) >= 11 is 3.26. The van der Waals surface area contributed by atoms with Crippen molar-refractivity contribution in [2.75, 3.05) is 18.8 Å². The Labute approximate surface area is 121 Å². The Morgan fingerprint density at radius 2 is 1.89 bits per heavy atom. The second kappa shape index (κ2) is 5.40. The summed E-state index contributed by atoms with van der Waals surface area (Å²) in [6.07, 6.45) is -0.211. The van der Waals surface area contributed by atoms with E-state index in [1.165, 1.54) is 10.4 Å². The minimum atomic E-state index is -3.51. The van der Waals surface area contributed by atoms with Crippen LogP contribution in [0.15, 0.2) is 27.6 Å². The maximum Gasteiger partial charge on any atom is 0.243 e. The van der Waals surface area contributed by atoms with Crippen LogP contribution in [-0.2, 0) is 14.8 Å². The van der Waals surface area contributed by atoms with E-state index in [1.54, 1.807) is 12.1 Å². The van der Waals surface area contributed by atoms with E-state index < -0.39 is 10.0 Å². The predicted octanol–water partition coefficient (Wildman–Crippen LogP) is 1.83. The van der Waals surface area contributed by atoms with E-state index in [0.29, 0.717) is 23.2 Å². The van der Waals surface area contributed by atoms with Crippen LogP contribution in [0.1, 0.15) is 13.8 Å². The summed E-state index contributed by atoms with van der Waals surface area (Å²) in [7, 11) is -3.51. The normalized spacial score (nSPS) is 25.4. The van der Waals surface area contributed by atoms with Crippen molar-refractivity contribution in [1.82, 2.24) is 4.31 Å². The van der Waals surface area contributed by atoms with Gasteiger partial charge in [0.15, 0.2) is 0 Å². The topological polar surface area (TPSA) is 72.6 Å². The number of hydrogen-bond donors (Lipinski definition) is 1. The molecule has 1 aliphatic heterocycles. The Morgan fingerprint density at radius 3 is 2.42 bits per heavy atom. The Morgan fingerprint density at radius 1 is 1.32 bits per heavy atom. The number of nitrogen functional groups attached to an aromatic ring is 1. The molecule has 19 heavy (non-hydrogen) atoms. The number of anilines is 1. The Kier molecular flexibility index (Phi) is 4.20. The van der Waals surface area contributed by atoms with Crippen LogP contribution in [0.3, 0.4) is 0 Å². The fourth-order valence-corrected chi connectivity index (χ4v) is 4.03. The summed E-state index contributed by atoms with van der Waals surface area (Å²) in [4.78, 5) is 0.217. The maximum atomic E-state index is 12.5. The molecule has 2 rings (SSSR count). The van der Waals surface area contributed by atoms with E-state index in [0.717, 1.165) is 0 Å². The van der Waals surface area contributed by atoms with Crippen molar-refractivity contribution in [3.8, 4) is 0 Å². The third kappa shape index (κ3) is 3.10. The third-order valence-electron chi connectivity index (χ3n) is 2.99. The number of nitrogens with zero attached hydrogens (tertiary/aromatic N) is 1. The van der Waals surface area contributed by atoms with Crippen molar-refractivity contribution < 1.29 is 13.2 Å². The van der Waals surface area contributed by atoms with Crippen LogP contribution >= 0.6 is 15.9 Å². The standard InChI is InChI=1S/C12H17BrN2O3S/c1-8-6-15(7-9(2)18-8)19(16,17)10-3-4-11(13)12(14)5-10/h3-5,8-9H,6-7,14H2,1-2H3/t8-,9+. The number of hydrogen-bond acceptors (Lipinski definition) is 4. The molecule has 1 fully saturated rings. The molecular formula is C12H17BrN2O3S. The number of rotatable bonds is 2. The molecule has 0 spiro atoms. The average molecular weight is 349 g/mol. The first-order chi connectivity index (χ1) is 8.80. The van der Waals surface area contributed by atoms with E-state index >= 15 is 0 Å². The molecule has 106 valence electrons. The number of nitrogens with two attached hydrogens (primary N) is 1. The van der Waals surface area contributed by atoms with Crippen molar-refractivity contribution >= 4 is 31.6 Å². The minimum absolute atomic E-state index is 0.105. The fraction of sp³-hybridized carbons (Fsp3) is 0.500. The quantitative estimate of drug-likeness (QED) is 0.827. The highest BCUT2D eigenvalue weighted by Crippen LogP contribution is 2.26. The van der Waals surface area contributed by atoms with Gasteiger partial charge in [0.2, 0.25) is 10.0 Å². The monoisotopic (exact) mass is 348 g/mol. The van der Waals surface area contributed by atoms with E-state index in [-0.39, 0.29) is 17.1 Å². The van der Waals surface area contributed by atoms with E-state index in [9.17, 15) is 8.42 Å². The van der Waals surface area contributed by atoms with Crippen LogP contribution in [0.2, 0.25) is 0 Å². The molecule has 7 heteroatoms. The van der Waals surface area contributed by atoms with Crippen molar-refractivity contribution in [3.63, 3.8) is 0 Å². The van der Waals surface area contributed by atoms with Gasteiger partial charge in [-0.15, -0.1) is 0 Å². The van der Waals surface area contributed by atoms with Crippen molar-refractivity contribution in [1.29, 1.82) is 0 Å². The highest BCUT2D eigenvalue weighted by Gasteiger charge is 2.32. The lowest BCUT2D eigenvalue weighted by molar-refractivity contribution is -0.0440. The zero-order valence-corrected chi connectivity index (χ0v) is 13.2. The lowest BCUT2D eigenvalue weighted by Crippen LogP contribution is -2.48. The molecule has 1 saturated heterocycles. The van der Waals surface area contributed by atoms with Crippen molar-refractivity contribution in [2.24, 2.45) is 0 Å². The lowest BCUT2D eigenvalue weighted by Gasteiger charge is -2.34. The predicted molar refractivity (Wildman–Crippen MR) is 77.3 cm³/mol. The Balaban J connectivity index is 2.33. The summed E-state index contributed by atoms with van der Waals surface area (Å²) < 4.78 is 32.8. The molecule has 2 atom stereocenters. The van der Waals surface area contributed by atoms with Gasteiger partial charge in [0.05, 0.1) is 17.1 Å². The molecule has 0 bridgehead atoms. The van der Waals surface area contributed by atoms with Crippen molar-refractivity contribution in [3.05, 3.63) is 22.7 Å². The smallest absolute Gasteiger partial charge is 0.243 e. The first-order valence-electron chi connectivity index (χ1n) is 6.01. The maximum absolute atomic E-state index is 12.5. The first kappa shape index (κ1) is 14.8. The van der Waals surface area contributed by atoms with Gasteiger partial charge in [0, 0.05) is 23.2 Å². The highest BCUT2D eigenvalue weighted by molar-refractivity contribution is 9.10. The third-order valence-corrected chi connectivity index (χ3v) is 5.54. The van der Waals surface area contributed by atoms with Crippen LogP contribution in [-0.4, -0.2) is 38.0 Å². The molecule has 2 N–H and O–H groups in total. The van der Waals surface area contributed by atoms with Crippen LogP contribution in [0.5, 0.6) is 0 Å². The molecule has 1 aromatic carbocycles. The van der Waals surface area contributed by atoms with E-state index in [1.807, 2.05) is 13.8 Å². The number of ether oxygens (including phenoxy) is 1. The Hall–Kier alpha value is -0.630. The molecule has 5 nitrogen and oxygen atoms in total. The summed E-state index contributed by atoms with van der Waals surface area (Å²) in [5, 5.41) is 0. The number of morpholine rings is 1. The number of sulfonamides is 1. The van der Waals surface area contributed by atoms with Gasteiger partial charge in [0.25, 0.3) is 0 Å². The Bertz CT molecular complexity index is 566. The second-order valence-electron chi connectivity index (χ2n) is 4.76. The SMILES string of the molecule is C[C@@H]1CN(S(=O)(=O)c2ccc(Br)c(N)c2)C[C@H](C)O1. The molecular weight excluding hydrogens is 332 g/mol. The molecule has 0 aromatic heterocycles. The molecule has 1 heterocycles. The van der Waals surface area contributed by atoms with Gasteiger partial charge in [-0.1, -0.05) is 0 Å². The van der Waals surface area contributed by atoms with Gasteiger partial charge in [-0.25, -0.2) is 8.42 Å². The van der Waals surface area contributed by atoms with Crippen LogP contribution in [0.4, 0.5) is 5.69 Å².